The Kier molecular flexibility index (Phi) is 5.58. The molecule has 0 fully saturated rings. The van der Waals surface area contributed by atoms with Crippen molar-refractivity contribution in [3.05, 3.63) is 29.8 Å². The number of phenols is 1. The fourth-order valence-electron chi connectivity index (χ4n) is 1.74. The number of ether oxygens (including phenoxy) is 1. The minimum absolute atomic E-state index is 0.0418. The van der Waals surface area contributed by atoms with E-state index in [1.54, 1.807) is 32.9 Å². The zero-order chi connectivity index (χ0) is 16.0. The lowest BCUT2D eigenvalue weighted by Gasteiger charge is -2.21. The summed E-state index contributed by atoms with van der Waals surface area (Å²) in [5.74, 6) is -1.73. The molecule has 0 aliphatic carbocycles. The fourth-order valence-corrected chi connectivity index (χ4v) is 1.74. The van der Waals surface area contributed by atoms with Crippen molar-refractivity contribution < 1.29 is 24.5 Å². The summed E-state index contributed by atoms with van der Waals surface area (Å²) in [5.41, 5.74) is 0.0574. The van der Waals surface area contributed by atoms with E-state index in [2.05, 4.69) is 5.32 Å². The summed E-state index contributed by atoms with van der Waals surface area (Å²) in [4.78, 5) is 22.8. The van der Waals surface area contributed by atoms with E-state index in [0.717, 1.165) is 0 Å². The van der Waals surface area contributed by atoms with E-state index in [9.17, 15) is 19.8 Å². The second-order valence-electron chi connectivity index (χ2n) is 5.79. The van der Waals surface area contributed by atoms with Crippen LogP contribution < -0.4 is 5.32 Å². The largest absolute Gasteiger partial charge is 0.508 e. The second kappa shape index (κ2) is 6.97. The van der Waals surface area contributed by atoms with Gasteiger partial charge in [0, 0.05) is 6.54 Å². The molecule has 0 spiro atoms. The molecular weight excluding hydrogens is 274 g/mol. The average Bonchev–Trinajstić information content (AvgIpc) is 2.32. The van der Waals surface area contributed by atoms with Crippen LogP contribution in [0.15, 0.2) is 24.3 Å². The molecule has 0 bridgehead atoms. The molecule has 0 aromatic heterocycles. The van der Waals surface area contributed by atoms with Crippen LogP contribution in [-0.2, 0) is 16.0 Å². The van der Waals surface area contributed by atoms with Crippen LogP contribution in [-0.4, -0.2) is 34.4 Å². The number of amides is 1. The molecule has 3 N–H and O–H groups in total. The zero-order valence-corrected chi connectivity index (χ0v) is 12.4. The van der Waals surface area contributed by atoms with Crippen LogP contribution in [0.1, 0.15) is 26.3 Å². The molecule has 0 heterocycles. The molecule has 1 aromatic carbocycles. The van der Waals surface area contributed by atoms with E-state index in [-0.39, 0.29) is 18.7 Å². The van der Waals surface area contributed by atoms with Crippen molar-refractivity contribution in [1.82, 2.24) is 5.32 Å². The molecule has 1 rings (SSSR count). The van der Waals surface area contributed by atoms with Gasteiger partial charge in [-0.1, -0.05) is 12.1 Å². The van der Waals surface area contributed by atoms with Gasteiger partial charge in [-0.05, 0) is 44.9 Å². The molecule has 0 saturated carbocycles. The molecule has 21 heavy (non-hydrogen) atoms. The maximum absolute atomic E-state index is 11.5. The number of hydrogen-bond donors (Lipinski definition) is 3. The number of rotatable bonds is 5. The van der Waals surface area contributed by atoms with Crippen LogP contribution in [0.25, 0.3) is 0 Å². The number of carboxylic acid groups (broad SMARTS) is 1. The lowest BCUT2D eigenvalue weighted by atomic mass is 9.99. The van der Waals surface area contributed by atoms with E-state index in [0.29, 0.717) is 5.56 Å². The number of carbonyl (C=O) groups is 2. The monoisotopic (exact) mass is 295 g/mol. The van der Waals surface area contributed by atoms with Gasteiger partial charge in [0.25, 0.3) is 0 Å². The van der Waals surface area contributed by atoms with Gasteiger partial charge >= 0.3 is 12.1 Å². The minimum atomic E-state index is -1.02. The summed E-state index contributed by atoms with van der Waals surface area (Å²) in [6.45, 7) is 5.15. The molecule has 0 aliphatic rings. The van der Waals surface area contributed by atoms with Gasteiger partial charge < -0.3 is 20.3 Å². The van der Waals surface area contributed by atoms with E-state index >= 15 is 0 Å². The van der Waals surface area contributed by atoms with Crippen LogP contribution in [0.5, 0.6) is 5.75 Å². The number of benzene rings is 1. The predicted molar refractivity (Wildman–Crippen MR) is 77.2 cm³/mol. The standard InChI is InChI=1S/C15H21NO5/c1-15(2,3)21-14(20)16-9-11(13(18)19)7-10-5-4-6-12(17)8-10/h4-6,8,11,17H,7,9H2,1-3H3,(H,16,20)(H,18,19). The summed E-state index contributed by atoms with van der Waals surface area (Å²) < 4.78 is 5.05. The first-order chi connectivity index (χ1) is 9.67. The third-order valence-corrected chi connectivity index (χ3v) is 2.63. The molecule has 1 unspecified atom stereocenters. The first-order valence-corrected chi connectivity index (χ1v) is 6.65. The van der Waals surface area contributed by atoms with Crippen LogP contribution >= 0.6 is 0 Å². The summed E-state index contributed by atoms with van der Waals surface area (Å²) in [7, 11) is 0. The summed E-state index contributed by atoms with van der Waals surface area (Å²) in [5, 5.41) is 21.0. The Labute approximate surface area is 123 Å². The van der Waals surface area contributed by atoms with Gasteiger partial charge in [-0.15, -0.1) is 0 Å². The van der Waals surface area contributed by atoms with Crippen molar-refractivity contribution in [1.29, 1.82) is 0 Å². The van der Waals surface area contributed by atoms with Gasteiger partial charge in [0.2, 0.25) is 0 Å². The number of aromatic hydroxyl groups is 1. The molecule has 1 amide bonds. The Balaban J connectivity index is 2.59. The highest BCUT2D eigenvalue weighted by Gasteiger charge is 2.21. The molecule has 6 nitrogen and oxygen atoms in total. The number of carbonyl (C=O) groups excluding carboxylic acids is 1. The number of hydrogen-bond acceptors (Lipinski definition) is 4. The molecule has 6 heteroatoms. The smallest absolute Gasteiger partial charge is 0.407 e. The van der Waals surface area contributed by atoms with Gasteiger partial charge in [0.05, 0.1) is 5.92 Å². The summed E-state index contributed by atoms with van der Waals surface area (Å²) in [6.07, 6.45) is -0.441. The maximum Gasteiger partial charge on any atom is 0.407 e. The highest BCUT2D eigenvalue weighted by atomic mass is 16.6. The van der Waals surface area contributed by atoms with E-state index in [1.165, 1.54) is 12.1 Å². The molecule has 116 valence electrons. The summed E-state index contributed by atoms with van der Waals surface area (Å²) in [6, 6.07) is 6.38. The molecule has 0 saturated heterocycles. The molecule has 1 aromatic rings. The Morgan fingerprint density at radius 3 is 2.52 bits per heavy atom. The first-order valence-electron chi connectivity index (χ1n) is 6.65. The van der Waals surface area contributed by atoms with Crippen LogP contribution in [0.4, 0.5) is 4.79 Å². The van der Waals surface area contributed by atoms with Crippen molar-refractivity contribution in [2.45, 2.75) is 32.8 Å². The second-order valence-corrected chi connectivity index (χ2v) is 5.79. The van der Waals surface area contributed by atoms with E-state index in [1.807, 2.05) is 0 Å². The molecule has 1 atom stereocenters. The van der Waals surface area contributed by atoms with Crippen LogP contribution in [0, 0.1) is 5.92 Å². The van der Waals surface area contributed by atoms with Crippen LogP contribution in [0.2, 0.25) is 0 Å². The van der Waals surface area contributed by atoms with Gasteiger partial charge in [-0.25, -0.2) is 4.79 Å². The summed E-state index contributed by atoms with van der Waals surface area (Å²) >= 11 is 0. The Hall–Kier alpha value is -2.24. The number of carboxylic acids is 1. The van der Waals surface area contributed by atoms with Crippen LogP contribution in [0.3, 0.4) is 0 Å². The highest BCUT2D eigenvalue weighted by Crippen LogP contribution is 2.15. The number of phenolic OH excluding ortho intramolecular Hbond substituents is 1. The quantitative estimate of drug-likeness (QED) is 0.773. The van der Waals surface area contributed by atoms with Crippen molar-refractivity contribution in [3.63, 3.8) is 0 Å². The average molecular weight is 295 g/mol. The lowest BCUT2D eigenvalue weighted by molar-refractivity contribution is -0.141. The fraction of sp³-hybridized carbons (Fsp3) is 0.467. The third kappa shape index (κ3) is 6.65. The zero-order valence-electron chi connectivity index (χ0n) is 12.4. The molecular formula is C15H21NO5. The predicted octanol–water partition coefficient (Wildman–Crippen LogP) is 2.16. The maximum atomic E-state index is 11.5. The SMILES string of the molecule is CC(C)(C)OC(=O)NCC(Cc1cccc(O)c1)C(=O)O. The number of aliphatic carboxylic acids is 1. The minimum Gasteiger partial charge on any atom is -0.508 e. The number of alkyl carbamates (subject to hydrolysis) is 1. The van der Waals surface area contributed by atoms with Gasteiger partial charge in [0.1, 0.15) is 11.4 Å². The number of nitrogens with one attached hydrogen (secondary N) is 1. The Bertz CT molecular complexity index is 507. The van der Waals surface area contributed by atoms with Gasteiger partial charge in [0.15, 0.2) is 0 Å². The van der Waals surface area contributed by atoms with Crippen molar-refractivity contribution in [3.8, 4) is 5.75 Å². The third-order valence-electron chi connectivity index (χ3n) is 2.63. The Morgan fingerprint density at radius 2 is 2.00 bits per heavy atom. The highest BCUT2D eigenvalue weighted by molar-refractivity contribution is 5.73. The van der Waals surface area contributed by atoms with E-state index in [4.69, 9.17) is 4.74 Å². The van der Waals surface area contributed by atoms with E-state index < -0.39 is 23.6 Å². The molecule has 0 radical (unpaired) electrons. The Morgan fingerprint density at radius 1 is 1.33 bits per heavy atom. The van der Waals surface area contributed by atoms with Crippen molar-refractivity contribution in [2.24, 2.45) is 5.92 Å². The lowest BCUT2D eigenvalue weighted by Crippen LogP contribution is -2.37. The first kappa shape index (κ1) is 16.8. The van der Waals surface area contributed by atoms with Crippen molar-refractivity contribution >= 4 is 12.1 Å². The molecule has 0 aliphatic heterocycles. The van der Waals surface area contributed by atoms with Gasteiger partial charge in [-0.3, -0.25) is 4.79 Å². The normalized spacial score (nSPS) is 12.5. The topological polar surface area (TPSA) is 95.9 Å². The van der Waals surface area contributed by atoms with Crippen molar-refractivity contribution in [2.75, 3.05) is 6.54 Å². The van der Waals surface area contributed by atoms with Gasteiger partial charge in [-0.2, -0.15) is 0 Å².